The summed E-state index contributed by atoms with van der Waals surface area (Å²) in [6.07, 6.45) is 7.30. The average molecular weight is 243 g/mol. The zero-order valence-corrected chi connectivity index (χ0v) is 11.4. The number of rotatable bonds is 6. The van der Waals surface area contributed by atoms with Crippen molar-refractivity contribution in [3.05, 3.63) is 12.2 Å². The topological polar surface area (TPSA) is 0 Å². The van der Waals surface area contributed by atoms with Crippen molar-refractivity contribution in [2.24, 2.45) is 0 Å². The summed E-state index contributed by atoms with van der Waals surface area (Å²) < 4.78 is 0. The summed E-state index contributed by atoms with van der Waals surface area (Å²) in [5, 5.41) is 0. The second kappa shape index (κ2) is 14.5. The zero-order chi connectivity index (χ0) is 7.82. The minimum Gasteiger partial charge on any atom is -1.00 e. The van der Waals surface area contributed by atoms with E-state index in [0.717, 1.165) is 12.8 Å². The smallest absolute Gasteiger partial charge is 1.00 e. The van der Waals surface area contributed by atoms with Gasteiger partial charge in [-0.15, -0.1) is 0 Å². The Morgan fingerprint density at radius 3 is 1.58 bits per heavy atom. The number of halogens is 1. The monoisotopic (exact) mass is 242 g/mol. The van der Waals surface area contributed by atoms with E-state index in [1.54, 1.807) is 0 Å². The molecule has 0 aromatic carbocycles. The Morgan fingerprint density at radius 2 is 1.33 bits per heavy atom. The van der Waals surface area contributed by atoms with Crippen molar-refractivity contribution in [1.29, 1.82) is 0 Å². The van der Waals surface area contributed by atoms with Crippen LogP contribution in [0.5, 0.6) is 0 Å². The quantitative estimate of drug-likeness (QED) is 0.466. The molecule has 0 unspecified atom stereocenters. The summed E-state index contributed by atoms with van der Waals surface area (Å²) in [5.74, 6) is 0. The molecule has 0 heterocycles. The summed E-state index contributed by atoms with van der Waals surface area (Å²) in [6.45, 7) is 10.2. The van der Waals surface area contributed by atoms with Gasteiger partial charge < -0.3 is 23.6 Å². The van der Waals surface area contributed by atoms with E-state index in [1.165, 1.54) is 31.3 Å². The van der Waals surface area contributed by atoms with Crippen LogP contribution in [-0.2, 0) is 0 Å². The molecule has 0 spiro atoms. The third-order valence-electron chi connectivity index (χ3n) is 1.70. The van der Waals surface area contributed by atoms with Gasteiger partial charge in [0.05, 0.1) is 0 Å². The predicted octanol–water partition coefficient (Wildman–Crippen LogP) is 0.349. The van der Waals surface area contributed by atoms with Crippen LogP contribution in [0.4, 0.5) is 0 Å². The molecule has 0 nitrogen and oxygen atoms in total. The van der Waals surface area contributed by atoms with E-state index in [1.807, 2.05) is 0 Å². The van der Waals surface area contributed by atoms with Crippen molar-refractivity contribution in [3.8, 4) is 0 Å². The van der Waals surface area contributed by atoms with E-state index in [4.69, 9.17) is 6.58 Å². The van der Waals surface area contributed by atoms with Crippen LogP contribution in [0.1, 0.15) is 52.4 Å². The molecule has 68 valence electrons. The van der Waals surface area contributed by atoms with Crippen molar-refractivity contribution < 1.29 is 17.0 Å². The Balaban J connectivity index is -0.000000405. The van der Waals surface area contributed by atoms with Crippen LogP contribution >= 0.6 is 0 Å². The summed E-state index contributed by atoms with van der Waals surface area (Å²) in [4.78, 5) is 0. The predicted molar refractivity (Wildman–Crippen MR) is 52.6 cm³/mol. The molecular formula is C10H19BrMg. The van der Waals surface area contributed by atoms with Gasteiger partial charge in [-0.05, 0) is 0 Å². The van der Waals surface area contributed by atoms with E-state index >= 15 is 0 Å². The molecule has 0 aliphatic carbocycles. The van der Waals surface area contributed by atoms with Gasteiger partial charge in [0.25, 0.3) is 0 Å². The molecule has 0 aromatic rings. The molecule has 0 bridgehead atoms. The van der Waals surface area contributed by atoms with Crippen molar-refractivity contribution in [2.45, 2.75) is 52.4 Å². The van der Waals surface area contributed by atoms with Gasteiger partial charge in [-0.3, -0.25) is 5.57 Å². The van der Waals surface area contributed by atoms with Gasteiger partial charge in [0.1, 0.15) is 0 Å². The van der Waals surface area contributed by atoms with Gasteiger partial charge in [0.2, 0.25) is 0 Å². The molecule has 0 amide bonds. The molecule has 0 N–H and O–H groups in total. The zero-order valence-electron chi connectivity index (χ0n) is 8.41. The third-order valence-corrected chi connectivity index (χ3v) is 1.70. The number of unbranched alkanes of at least 4 members (excludes halogenated alkanes) is 2. The minimum atomic E-state index is 0. The number of hydrogen-bond acceptors (Lipinski definition) is 0. The van der Waals surface area contributed by atoms with Crippen molar-refractivity contribution in [2.75, 3.05) is 0 Å². The van der Waals surface area contributed by atoms with Crippen molar-refractivity contribution >= 4 is 23.1 Å². The van der Waals surface area contributed by atoms with Gasteiger partial charge in [-0.1, -0.05) is 52.4 Å². The molecule has 0 aliphatic heterocycles. The van der Waals surface area contributed by atoms with Gasteiger partial charge in [-0.2, -0.15) is 0 Å². The fourth-order valence-electron chi connectivity index (χ4n) is 0.933. The molecular weight excluding hydrogens is 224 g/mol. The fraction of sp³-hybridized carbons (Fsp3) is 0.800. The molecule has 0 saturated carbocycles. The second-order valence-electron chi connectivity index (χ2n) is 2.87. The molecule has 0 rings (SSSR count). The van der Waals surface area contributed by atoms with Crippen LogP contribution in [0.25, 0.3) is 0 Å². The first-order valence-corrected chi connectivity index (χ1v) is 4.41. The third kappa shape index (κ3) is 13.6. The maximum Gasteiger partial charge on any atom is 2.00 e. The molecule has 12 heavy (non-hydrogen) atoms. The van der Waals surface area contributed by atoms with Crippen LogP contribution in [0, 0.1) is 6.58 Å². The molecule has 0 aliphatic rings. The summed E-state index contributed by atoms with van der Waals surface area (Å²) >= 11 is 0. The molecule has 0 atom stereocenters. The van der Waals surface area contributed by atoms with Gasteiger partial charge in [0, 0.05) is 0 Å². The SMILES string of the molecule is [Br-].[CH-]=C(CCCC)CCCC.[Mg+2]. The maximum absolute atomic E-state index is 5.76. The van der Waals surface area contributed by atoms with Crippen LogP contribution in [0.15, 0.2) is 5.57 Å². The first-order chi connectivity index (χ1) is 4.81. The molecule has 0 saturated heterocycles. The first kappa shape index (κ1) is 18.7. The molecule has 0 radical (unpaired) electrons. The van der Waals surface area contributed by atoms with Crippen LogP contribution in [-0.4, -0.2) is 23.1 Å². The van der Waals surface area contributed by atoms with E-state index in [0.29, 0.717) is 0 Å². The number of allylic oxidation sites excluding steroid dienone is 1. The van der Waals surface area contributed by atoms with Crippen LogP contribution in [0.3, 0.4) is 0 Å². The Kier molecular flexibility index (Phi) is 22.6. The largest absolute Gasteiger partial charge is 2.00 e. The standard InChI is InChI=1S/C10H19.BrH.Mg/c1-4-6-8-10(3)9-7-5-2;;/h3H,4-9H2,1-2H3;1H;/q-1;;+2/p-1. The molecule has 2 heteroatoms. The number of hydrogen-bond donors (Lipinski definition) is 0. The molecule has 0 fully saturated rings. The maximum atomic E-state index is 5.76. The van der Waals surface area contributed by atoms with Crippen molar-refractivity contribution in [1.82, 2.24) is 0 Å². The van der Waals surface area contributed by atoms with Crippen molar-refractivity contribution in [3.63, 3.8) is 0 Å². The summed E-state index contributed by atoms with van der Waals surface area (Å²) in [6, 6.07) is 0. The Hall–Kier alpha value is 0.986. The summed E-state index contributed by atoms with van der Waals surface area (Å²) in [7, 11) is 0. The minimum absolute atomic E-state index is 0. The van der Waals surface area contributed by atoms with E-state index < -0.39 is 0 Å². The van der Waals surface area contributed by atoms with Gasteiger partial charge in [0.15, 0.2) is 0 Å². The Morgan fingerprint density at radius 1 is 1.00 bits per heavy atom. The summed E-state index contributed by atoms with van der Waals surface area (Å²) in [5.41, 5.74) is 1.20. The van der Waals surface area contributed by atoms with E-state index in [2.05, 4.69) is 13.8 Å². The second-order valence-corrected chi connectivity index (χ2v) is 2.87. The van der Waals surface area contributed by atoms with Crippen LogP contribution < -0.4 is 17.0 Å². The Bertz CT molecular complexity index is 81.8. The van der Waals surface area contributed by atoms with Gasteiger partial charge in [-0.25, -0.2) is 0 Å². The average Bonchev–Trinajstić information content (AvgIpc) is 1.97. The van der Waals surface area contributed by atoms with E-state index in [9.17, 15) is 0 Å². The fourth-order valence-corrected chi connectivity index (χ4v) is 0.933. The first-order valence-electron chi connectivity index (χ1n) is 4.41. The van der Waals surface area contributed by atoms with E-state index in [-0.39, 0.29) is 40.0 Å². The van der Waals surface area contributed by atoms with Gasteiger partial charge >= 0.3 is 23.1 Å². The van der Waals surface area contributed by atoms with Crippen LogP contribution in [0.2, 0.25) is 0 Å². The normalized spacial score (nSPS) is 8.17. The molecule has 0 aromatic heterocycles. The Labute approximate surface area is 104 Å².